The molecule has 1 aromatic rings. The molecule has 0 bridgehead atoms. The first-order valence-electron chi connectivity index (χ1n) is 4.92. The predicted molar refractivity (Wildman–Crippen MR) is 61.2 cm³/mol. The molecule has 3 heteroatoms. The number of rotatable bonds is 5. The Labute approximate surface area is 90.5 Å². The van der Waals surface area contributed by atoms with Crippen LogP contribution in [0.4, 0.5) is 0 Å². The van der Waals surface area contributed by atoms with Crippen molar-refractivity contribution in [3.63, 3.8) is 0 Å². The van der Waals surface area contributed by atoms with E-state index in [1.165, 1.54) is 0 Å². The van der Waals surface area contributed by atoms with Gasteiger partial charge in [0.2, 0.25) is 0 Å². The van der Waals surface area contributed by atoms with Crippen LogP contribution in [-0.4, -0.2) is 13.7 Å². The van der Waals surface area contributed by atoms with Crippen LogP contribution in [-0.2, 0) is 6.54 Å². The number of nitrogens with two attached hydrogens (primary N) is 1. The summed E-state index contributed by atoms with van der Waals surface area (Å²) < 4.78 is 10.7. The summed E-state index contributed by atoms with van der Waals surface area (Å²) in [5, 5.41) is 0. The second-order valence-electron chi connectivity index (χ2n) is 3.07. The zero-order chi connectivity index (χ0) is 11.1. The van der Waals surface area contributed by atoms with Gasteiger partial charge in [0, 0.05) is 6.54 Å². The van der Waals surface area contributed by atoms with Crippen LogP contribution in [0.5, 0.6) is 11.5 Å². The summed E-state index contributed by atoms with van der Waals surface area (Å²) in [6.45, 7) is 3.01. The van der Waals surface area contributed by atoms with Gasteiger partial charge in [-0.15, -0.1) is 0 Å². The van der Waals surface area contributed by atoms with Crippen LogP contribution >= 0.6 is 0 Å². The Kier molecular flexibility index (Phi) is 4.71. The first-order chi connectivity index (χ1) is 7.31. The van der Waals surface area contributed by atoms with E-state index in [2.05, 4.69) is 0 Å². The predicted octanol–water partition coefficient (Wildman–Crippen LogP) is 2.11. The topological polar surface area (TPSA) is 44.5 Å². The normalized spacial score (nSPS) is 10.6. The monoisotopic (exact) mass is 207 g/mol. The quantitative estimate of drug-likeness (QED) is 0.752. The maximum Gasteiger partial charge on any atom is 0.161 e. The van der Waals surface area contributed by atoms with Gasteiger partial charge in [-0.3, -0.25) is 0 Å². The van der Waals surface area contributed by atoms with Gasteiger partial charge in [-0.1, -0.05) is 18.2 Å². The van der Waals surface area contributed by atoms with Gasteiger partial charge >= 0.3 is 0 Å². The van der Waals surface area contributed by atoms with Gasteiger partial charge < -0.3 is 15.2 Å². The number of methoxy groups -OCH3 is 1. The minimum absolute atomic E-state index is 0.505. The van der Waals surface area contributed by atoms with Crippen molar-refractivity contribution in [2.45, 2.75) is 13.5 Å². The largest absolute Gasteiger partial charge is 0.493 e. The average molecular weight is 207 g/mol. The lowest BCUT2D eigenvalue weighted by Crippen LogP contribution is -2.00. The molecule has 82 valence electrons. The van der Waals surface area contributed by atoms with Gasteiger partial charge in [0.1, 0.15) is 6.61 Å². The SMILES string of the molecule is C/C=C/COc1ccc(CN)cc1OC. The second-order valence-corrected chi connectivity index (χ2v) is 3.07. The zero-order valence-corrected chi connectivity index (χ0v) is 9.19. The fourth-order valence-corrected chi connectivity index (χ4v) is 1.19. The summed E-state index contributed by atoms with van der Waals surface area (Å²) in [5.74, 6) is 1.47. The van der Waals surface area contributed by atoms with E-state index in [-0.39, 0.29) is 0 Å². The van der Waals surface area contributed by atoms with Gasteiger partial charge in [0.05, 0.1) is 7.11 Å². The fraction of sp³-hybridized carbons (Fsp3) is 0.333. The summed E-state index contributed by atoms with van der Waals surface area (Å²) >= 11 is 0. The Bertz CT molecular complexity index is 334. The Morgan fingerprint density at radius 3 is 2.73 bits per heavy atom. The minimum atomic E-state index is 0.505. The van der Waals surface area contributed by atoms with E-state index in [1.54, 1.807) is 7.11 Å². The highest BCUT2D eigenvalue weighted by atomic mass is 16.5. The van der Waals surface area contributed by atoms with E-state index >= 15 is 0 Å². The lowest BCUT2D eigenvalue weighted by Gasteiger charge is -2.10. The van der Waals surface area contributed by atoms with E-state index in [1.807, 2.05) is 37.3 Å². The first kappa shape index (κ1) is 11.6. The smallest absolute Gasteiger partial charge is 0.161 e. The van der Waals surface area contributed by atoms with Crippen molar-refractivity contribution in [2.24, 2.45) is 5.73 Å². The van der Waals surface area contributed by atoms with Crippen molar-refractivity contribution >= 4 is 0 Å². The highest BCUT2D eigenvalue weighted by molar-refractivity contribution is 5.42. The van der Waals surface area contributed by atoms with E-state index in [9.17, 15) is 0 Å². The third-order valence-electron chi connectivity index (χ3n) is 2.03. The molecule has 0 heterocycles. The number of ether oxygens (including phenoxy) is 2. The molecule has 3 nitrogen and oxygen atoms in total. The fourth-order valence-electron chi connectivity index (χ4n) is 1.19. The van der Waals surface area contributed by atoms with Crippen LogP contribution < -0.4 is 15.2 Å². The Morgan fingerprint density at radius 1 is 1.33 bits per heavy atom. The molecule has 0 unspecified atom stereocenters. The van der Waals surface area contributed by atoms with Gasteiger partial charge in [-0.05, 0) is 24.6 Å². The molecule has 1 aromatic carbocycles. The number of benzene rings is 1. The van der Waals surface area contributed by atoms with Crippen LogP contribution in [0, 0.1) is 0 Å². The molecule has 0 saturated carbocycles. The summed E-state index contributed by atoms with van der Waals surface area (Å²) in [7, 11) is 1.62. The second kappa shape index (κ2) is 6.09. The summed E-state index contributed by atoms with van der Waals surface area (Å²) in [6.07, 6.45) is 3.89. The Morgan fingerprint density at radius 2 is 2.13 bits per heavy atom. The maximum atomic E-state index is 5.54. The molecule has 0 atom stereocenters. The van der Waals surface area contributed by atoms with Crippen molar-refractivity contribution in [1.29, 1.82) is 0 Å². The van der Waals surface area contributed by atoms with Crippen LogP contribution in [0.2, 0.25) is 0 Å². The van der Waals surface area contributed by atoms with Crippen LogP contribution in [0.1, 0.15) is 12.5 Å². The molecule has 0 spiro atoms. The van der Waals surface area contributed by atoms with E-state index in [4.69, 9.17) is 15.2 Å². The van der Waals surface area contributed by atoms with Crippen molar-refractivity contribution in [3.05, 3.63) is 35.9 Å². The molecule has 0 aromatic heterocycles. The van der Waals surface area contributed by atoms with Crippen molar-refractivity contribution in [2.75, 3.05) is 13.7 Å². The number of hydrogen-bond donors (Lipinski definition) is 1. The highest BCUT2D eigenvalue weighted by Gasteiger charge is 2.03. The Balaban J connectivity index is 2.78. The summed E-state index contributed by atoms with van der Waals surface area (Å²) in [6, 6.07) is 5.71. The molecule has 2 N–H and O–H groups in total. The zero-order valence-electron chi connectivity index (χ0n) is 9.19. The molecule has 0 amide bonds. The summed E-state index contributed by atoms with van der Waals surface area (Å²) in [4.78, 5) is 0. The van der Waals surface area contributed by atoms with Crippen molar-refractivity contribution in [1.82, 2.24) is 0 Å². The van der Waals surface area contributed by atoms with Gasteiger partial charge in [-0.25, -0.2) is 0 Å². The molecule has 15 heavy (non-hydrogen) atoms. The number of hydrogen-bond acceptors (Lipinski definition) is 3. The summed E-state index contributed by atoms with van der Waals surface area (Å²) in [5.41, 5.74) is 6.57. The van der Waals surface area contributed by atoms with Crippen LogP contribution in [0.25, 0.3) is 0 Å². The molecule has 1 rings (SSSR count). The standard InChI is InChI=1S/C12H17NO2/c1-3-4-7-15-11-6-5-10(9-13)8-12(11)14-2/h3-6,8H,7,9,13H2,1-2H3/b4-3+. The van der Waals surface area contributed by atoms with Gasteiger partial charge in [-0.2, -0.15) is 0 Å². The molecule has 0 saturated heterocycles. The molecule has 0 aliphatic carbocycles. The maximum absolute atomic E-state index is 5.54. The first-order valence-corrected chi connectivity index (χ1v) is 4.92. The molecule has 0 aliphatic heterocycles. The van der Waals surface area contributed by atoms with E-state index in [0.29, 0.717) is 13.2 Å². The third kappa shape index (κ3) is 3.29. The molecule has 0 radical (unpaired) electrons. The van der Waals surface area contributed by atoms with Crippen LogP contribution in [0.15, 0.2) is 30.4 Å². The molecule has 0 aliphatic rings. The Hall–Kier alpha value is -1.48. The lowest BCUT2D eigenvalue weighted by molar-refractivity contribution is 0.326. The lowest BCUT2D eigenvalue weighted by atomic mass is 10.2. The minimum Gasteiger partial charge on any atom is -0.493 e. The highest BCUT2D eigenvalue weighted by Crippen LogP contribution is 2.27. The third-order valence-corrected chi connectivity index (χ3v) is 2.03. The molecular formula is C12H17NO2. The van der Waals surface area contributed by atoms with Crippen LogP contribution in [0.3, 0.4) is 0 Å². The molecular weight excluding hydrogens is 190 g/mol. The van der Waals surface area contributed by atoms with Gasteiger partial charge in [0.15, 0.2) is 11.5 Å². The van der Waals surface area contributed by atoms with Crippen molar-refractivity contribution < 1.29 is 9.47 Å². The molecule has 0 fully saturated rings. The number of allylic oxidation sites excluding steroid dienone is 1. The van der Waals surface area contributed by atoms with Gasteiger partial charge in [0.25, 0.3) is 0 Å². The average Bonchev–Trinajstić information content (AvgIpc) is 2.29. The van der Waals surface area contributed by atoms with E-state index < -0.39 is 0 Å². The van der Waals surface area contributed by atoms with Crippen molar-refractivity contribution in [3.8, 4) is 11.5 Å². The van der Waals surface area contributed by atoms with E-state index in [0.717, 1.165) is 17.1 Å².